The summed E-state index contributed by atoms with van der Waals surface area (Å²) >= 11 is 0. The van der Waals surface area contributed by atoms with Gasteiger partial charge in [-0.15, -0.1) is 12.3 Å². The van der Waals surface area contributed by atoms with Gasteiger partial charge < -0.3 is 20.1 Å². The van der Waals surface area contributed by atoms with E-state index in [1.165, 1.54) is 6.20 Å². The fourth-order valence-electron chi connectivity index (χ4n) is 3.48. The summed E-state index contributed by atoms with van der Waals surface area (Å²) in [6.45, 7) is 2.09. The predicted octanol–water partition coefficient (Wildman–Crippen LogP) is 2.70. The Morgan fingerprint density at radius 2 is 2.40 bits per heavy atom. The summed E-state index contributed by atoms with van der Waals surface area (Å²) < 4.78 is 5.16. The van der Waals surface area contributed by atoms with Crippen LogP contribution in [0, 0.1) is 18.3 Å². The molecule has 6 heteroatoms. The van der Waals surface area contributed by atoms with Gasteiger partial charge in [-0.05, 0) is 38.2 Å². The van der Waals surface area contributed by atoms with Crippen molar-refractivity contribution in [3.8, 4) is 12.3 Å². The average Bonchev–Trinajstić information content (AvgIpc) is 3.07. The van der Waals surface area contributed by atoms with Crippen LogP contribution in [0.5, 0.6) is 0 Å². The molecule has 0 amide bonds. The number of carbonyl (C=O) groups is 1. The fourth-order valence-corrected chi connectivity index (χ4v) is 3.48. The highest BCUT2D eigenvalue weighted by molar-refractivity contribution is 6.04. The first-order valence-electron chi connectivity index (χ1n) is 8.65. The first kappa shape index (κ1) is 17.3. The van der Waals surface area contributed by atoms with E-state index in [4.69, 9.17) is 11.2 Å². The normalized spacial score (nSPS) is 23.2. The molecule has 132 valence electrons. The molecule has 3 N–H and O–H groups in total. The van der Waals surface area contributed by atoms with Crippen molar-refractivity contribution >= 4 is 22.7 Å². The van der Waals surface area contributed by atoms with Gasteiger partial charge in [-0.25, -0.2) is 9.78 Å². The van der Waals surface area contributed by atoms with Crippen LogP contribution in [0.25, 0.3) is 11.0 Å². The number of ether oxygens (including phenoxy) is 1. The highest BCUT2D eigenvalue weighted by Gasteiger charge is 2.30. The molecule has 6 nitrogen and oxygen atoms in total. The minimum atomic E-state index is -0.392. The van der Waals surface area contributed by atoms with Gasteiger partial charge in [-0.2, -0.15) is 0 Å². The van der Waals surface area contributed by atoms with Gasteiger partial charge in [-0.3, -0.25) is 0 Å². The van der Waals surface area contributed by atoms with Crippen molar-refractivity contribution < 1.29 is 14.6 Å². The van der Waals surface area contributed by atoms with Crippen LogP contribution in [0.3, 0.4) is 0 Å². The molecule has 1 aliphatic carbocycles. The van der Waals surface area contributed by atoms with Gasteiger partial charge in [0.15, 0.2) is 0 Å². The van der Waals surface area contributed by atoms with Crippen molar-refractivity contribution in [2.45, 2.75) is 44.8 Å². The van der Waals surface area contributed by atoms with Crippen molar-refractivity contribution in [2.24, 2.45) is 5.92 Å². The molecule has 0 spiro atoms. The van der Waals surface area contributed by atoms with Crippen molar-refractivity contribution in [1.82, 2.24) is 9.97 Å². The third kappa shape index (κ3) is 3.62. The van der Waals surface area contributed by atoms with Gasteiger partial charge in [0.05, 0.1) is 18.4 Å². The van der Waals surface area contributed by atoms with Gasteiger partial charge in [0.1, 0.15) is 11.2 Å². The molecule has 3 atom stereocenters. The number of anilines is 1. The van der Waals surface area contributed by atoms with E-state index in [0.29, 0.717) is 30.7 Å². The highest BCUT2D eigenvalue weighted by Crippen LogP contribution is 2.32. The lowest BCUT2D eigenvalue weighted by molar-refractivity contribution is 0.0526. The van der Waals surface area contributed by atoms with Crippen LogP contribution in [-0.4, -0.2) is 39.8 Å². The number of rotatable bonds is 5. The molecule has 2 aromatic heterocycles. The monoisotopic (exact) mass is 341 g/mol. The van der Waals surface area contributed by atoms with E-state index >= 15 is 0 Å². The number of nitrogens with one attached hydrogen (secondary N) is 2. The summed E-state index contributed by atoms with van der Waals surface area (Å²) in [7, 11) is 0. The summed E-state index contributed by atoms with van der Waals surface area (Å²) in [6, 6.07) is 2.03. The second-order valence-corrected chi connectivity index (χ2v) is 6.40. The number of terminal acetylenes is 1. The number of esters is 1. The van der Waals surface area contributed by atoms with Crippen molar-refractivity contribution in [3.05, 3.63) is 24.0 Å². The van der Waals surface area contributed by atoms with Crippen LogP contribution in [-0.2, 0) is 4.74 Å². The van der Waals surface area contributed by atoms with Crippen LogP contribution >= 0.6 is 0 Å². The molecule has 2 aromatic rings. The smallest absolute Gasteiger partial charge is 0.341 e. The van der Waals surface area contributed by atoms with Crippen molar-refractivity contribution in [3.63, 3.8) is 0 Å². The zero-order chi connectivity index (χ0) is 17.8. The maximum Gasteiger partial charge on any atom is 0.341 e. The van der Waals surface area contributed by atoms with Gasteiger partial charge in [0, 0.05) is 30.2 Å². The standard InChI is InChI=1S/C19H23N3O3/c1-3-5-12-10-13(6-7-16(12)23)22-17-14-8-9-20-18(14)21-11-15(17)19(24)25-4-2/h1,8-9,11-13,16,23H,4-7,10H2,2H3,(H2,20,21,22). The Morgan fingerprint density at radius 3 is 3.16 bits per heavy atom. The Kier molecular flexibility index (Phi) is 5.25. The van der Waals surface area contributed by atoms with E-state index in [1.54, 1.807) is 13.1 Å². The summed E-state index contributed by atoms with van der Waals surface area (Å²) in [4.78, 5) is 19.7. The molecule has 1 aliphatic rings. The molecule has 3 rings (SSSR count). The molecule has 0 radical (unpaired) electrons. The van der Waals surface area contributed by atoms with Gasteiger partial charge in [-0.1, -0.05) is 0 Å². The number of H-pyrrole nitrogens is 1. The maximum atomic E-state index is 12.3. The predicted molar refractivity (Wildman–Crippen MR) is 96.3 cm³/mol. The maximum absolute atomic E-state index is 12.3. The Morgan fingerprint density at radius 1 is 1.56 bits per heavy atom. The number of aliphatic hydroxyl groups excluding tert-OH is 1. The second-order valence-electron chi connectivity index (χ2n) is 6.40. The van der Waals surface area contributed by atoms with E-state index in [2.05, 4.69) is 21.2 Å². The van der Waals surface area contributed by atoms with Crippen LogP contribution in [0.1, 0.15) is 43.0 Å². The Labute approximate surface area is 147 Å². The zero-order valence-electron chi connectivity index (χ0n) is 14.3. The van der Waals surface area contributed by atoms with E-state index in [9.17, 15) is 9.90 Å². The quantitative estimate of drug-likeness (QED) is 0.575. The minimum Gasteiger partial charge on any atom is -0.462 e. The first-order chi connectivity index (χ1) is 12.1. The lowest BCUT2D eigenvalue weighted by Crippen LogP contribution is -2.36. The molecule has 0 aliphatic heterocycles. The van der Waals surface area contributed by atoms with Gasteiger partial charge in [0.2, 0.25) is 0 Å². The molecule has 1 fully saturated rings. The van der Waals surface area contributed by atoms with Crippen LogP contribution in [0.4, 0.5) is 5.69 Å². The molecule has 0 saturated heterocycles. The summed E-state index contributed by atoms with van der Waals surface area (Å²) in [6.07, 6.45) is 11.2. The molecule has 0 bridgehead atoms. The van der Waals surface area contributed by atoms with Crippen molar-refractivity contribution in [1.29, 1.82) is 0 Å². The molecular weight excluding hydrogens is 318 g/mol. The third-order valence-electron chi connectivity index (χ3n) is 4.75. The number of fused-ring (bicyclic) bond motifs is 1. The molecule has 25 heavy (non-hydrogen) atoms. The van der Waals surface area contributed by atoms with Gasteiger partial charge in [0.25, 0.3) is 0 Å². The average molecular weight is 341 g/mol. The number of hydrogen-bond donors (Lipinski definition) is 3. The largest absolute Gasteiger partial charge is 0.462 e. The summed E-state index contributed by atoms with van der Waals surface area (Å²) in [5, 5.41) is 14.5. The highest BCUT2D eigenvalue weighted by atomic mass is 16.5. The third-order valence-corrected chi connectivity index (χ3v) is 4.75. The number of aromatic nitrogens is 2. The minimum absolute atomic E-state index is 0.0749. The summed E-state index contributed by atoms with van der Waals surface area (Å²) in [5.41, 5.74) is 1.87. The lowest BCUT2D eigenvalue weighted by atomic mass is 9.81. The molecule has 1 saturated carbocycles. The Balaban J connectivity index is 1.89. The number of nitrogens with zero attached hydrogens (tertiary/aromatic N) is 1. The van der Waals surface area contributed by atoms with Gasteiger partial charge >= 0.3 is 5.97 Å². The molecule has 2 heterocycles. The SMILES string of the molecule is C#CCC1CC(Nc2c(C(=O)OCC)cnc3[nH]ccc23)CCC1O. The number of hydrogen-bond acceptors (Lipinski definition) is 5. The Bertz CT molecular complexity index is 793. The summed E-state index contributed by atoms with van der Waals surface area (Å²) in [5.74, 6) is 2.33. The molecule has 3 unspecified atom stereocenters. The first-order valence-corrected chi connectivity index (χ1v) is 8.65. The van der Waals surface area contributed by atoms with Crippen LogP contribution in [0.15, 0.2) is 18.5 Å². The zero-order valence-corrected chi connectivity index (χ0v) is 14.3. The number of aliphatic hydroxyl groups is 1. The lowest BCUT2D eigenvalue weighted by Gasteiger charge is -2.33. The van der Waals surface area contributed by atoms with E-state index < -0.39 is 5.97 Å². The van der Waals surface area contributed by atoms with Crippen LogP contribution in [0.2, 0.25) is 0 Å². The van der Waals surface area contributed by atoms with Crippen molar-refractivity contribution in [2.75, 3.05) is 11.9 Å². The van der Waals surface area contributed by atoms with Crippen LogP contribution < -0.4 is 5.32 Å². The fraction of sp³-hybridized carbons (Fsp3) is 0.474. The topological polar surface area (TPSA) is 87.2 Å². The molecular formula is C19H23N3O3. The Hall–Kier alpha value is -2.52. The second kappa shape index (κ2) is 7.58. The molecule has 0 aromatic carbocycles. The number of pyridine rings is 1. The van der Waals surface area contributed by atoms with E-state index in [1.807, 2.05) is 6.07 Å². The van der Waals surface area contributed by atoms with E-state index in [0.717, 1.165) is 23.9 Å². The number of aromatic amines is 1. The van der Waals surface area contributed by atoms with E-state index in [-0.39, 0.29) is 18.1 Å². The number of carbonyl (C=O) groups excluding carboxylic acids is 1.